The number of rotatable bonds is 5. The number of anilines is 2. The molecular weight excluding hydrogens is 472 g/mol. The number of fused-ring (bicyclic) bond motifs is 2. The van der Waals surface area contributed by atoms with Crippen molar-refractivity contribution in [2.24, 2.45) is 0 Å². The van der Waals surface area contributed by atoms with Gasteiger partial charge in [0.05, 0.1) is 37.3 Å². The van der Waals surface area contributed by atoms with Crippen LogP contribution in [0.2, 0.25) is 0 Å². The maximum absolute atomic E-state index is 12.6. The highest BCUT2D eigenvalue weighted by atomic mass is 32.2. The average Bonchev–Trinajstić information content (AvgIpc) is 3.20. The van der Waals surface area contributed by atoms with E-state index < -0.39 is 6.09 Å². The van der Waals surface area contributed by atoms with E-state index in [-0.39, 0.29) is 23.6 Å². The molecule has 5 heterocycles. The molecule has 3 aliphatic heterocycles. The molecule has 2 fully saturated rings. The summed E-state index contributed by atoms with van der Waals surface area (Å²) in [6, 6.07) is 9.04. The van der Waals surface area contributed by atoms with E-state index in [9.17, 15) is 14.4 Å². The number of ether oxygens (including phenoxy) is 2. The number of methoxy groups -OCH3 is 1. The summed E-state index contributed by atoms with van der Waals surface area (Å²) < 4.78 is 12.5. The monoisotopic (exact) mass is 494 g/mol. The summed E-state index contributed by atoms with van der Waals surface area (Å²) in [6.45, 7) is 2.24. The first-order chi connectivity index (χ1) is 17.0. The predicted molar refractivity (Wildman–Crippen MR) is 129 cm³/mol. The minimum atomic E-state index is -0.408. The molecule has 2 amide bonds. The van der Waals surface area contributed by atoms with E-state index >= 15 is 0 Å². The zero-order valence-electron chi connectivity index (χ0n) is 18.8. The number of thioether (sulfide) groups is 1. The molecule has 0 unspecified atom stereocenters. The third-order valence-corrected chi connectivity index (χ3v) is 7.44. The second-order valence-electron chi connectivity index (χ2n) is 8.67. The van der Waals surface area contributed by atoms with Crippen LogP contribution in [0.4, 0.5) is 16.2 Å². The number of nitrogens with zero attached hydrogens (tertiary/aromatic N) is 5. The standard InChI is InChI=1S/C23H22N6O5S/c1-33-20-5-3-16-22(26-20)29(21(31)7-24-16)14-8-27(9-14)10-15-11-28(23(32)34-15)13-2-4-18-17(6-13)25-19(30)12-35-18/h2-7,14-15H,8-12H2,1H3,(H,25,30)/t15-/m1/s1. The van der Waals surface area contributed by atoms with Gasteiger partial charge in [0.25, 0.3) is 5.56 Å². The first kappa shape index (κ1) is 21.9. The van der Waals surface area contributed by atoms with Crippen LogP contribution in [0.15, 0.2) is 46.2 Å². The van der Waals surface area contributed by atoms with E-state index in [1.807, 2.05) is 18.2 Å². The highest BCUT2D eigenvalue weighted by Gasteiger charge is 2.38. The Morgan fingerprint density at radius 1 is 1.17 bits per heavy atom. The molecule has 180 valence electrons. The van der Waals surface area contributed by atoms with Gasteiger partial charge >= 0.3 is 6.09 Å². The Morgan fingerprint density at radius 2 is 2.03 bits per heavy atom. The molecule has 0 bridgehead atoms. The van der Waals surface area contributed by atoms with E-state index in [1.54, 1.807) is 21.6 Å². The molecule has 2 saturated heterocycles. The van der Waals surface area contributed by atoms with Crippen LogP contribution in [-0.2, 0) is 9.53 Å². The van der Waals surface area contributed by atoms with Gasteiger partial charge in [-0.05, 0) is 24.3 Å². The number of aromatic nitrogens is 3. The summed E-state index contributed by atoms with van der Waals surface area (Å²) >= 11 is 1.48. The minimum Gasteiger partial charge on any atom is -0.481 e. The van der Waals surface area contributed by atoms with Crippen LogP contribution in [0.5, 0.6) is 5.88 Å². The number of nitrogens with one attached hydrogen (secondary N) is 1. The molecule has 1 aromatic carbocycles. The van der Waals surface area contributed by atoms with Gasteiger partial charge in [-0.3, -0.25) is 24.0 Å². The fourth-order valence-corrected chi connectivity index (χ4v) is 5.46. The van der Waals surface area contributed by atoms with E-state index in [2.05, 4.69) is 20.2 Å². The number of cyclic esters (lactones) is 1. The number of amides is 2. The summed E-state index contributed by atoms with van der Waals surface area (Å²) in [7, 11) is 1.53. The first-order valence-corrected chi connectivity index (χ1v) is 12.2. The van der Waals surface area contributed by atoms with Crippen LogP contribution in [0.25, 0.3) is 11.2 Å². The lowest BCUT2D eigenvalue weighted by atomic mass is 10.1. The summed E-state index contributed by atoms with van der Waals surface area (Å²) in [6.07, 6.45) is 0.608. The fourth-order valence-electron chi connectivity index (χ4n) is 4.67. The zero-order chi connectivity index (χ0) is 24.1. The lowest BCUT2D eigenvalue weighted by Crippen LogP contribution is -2.53. The minimum absolute atomic E-state index is 0.0522. The molecule has 1 atom stereocenters. The van der Waals surface area contributed by atoms with Crippen LogP contribution < -0.4 is 20.5 Å². The van der Waals surface area contributed by atoms with E-state index in [4.69, 9.17) is 9.47 Å². The second kappa shape index (κ2) is 8.54. The average molecular weight is 495 g/mol. The van der Waals surface area contributed by atoms with Gasteiger partial charge in [0.1, 0.15) is 11.6 Å². The second-order valence-corrected chi connectivity index (χ2v) is 9.69. The summed E-state index contributed by atoms with van der Waals surface area (Å²) in [5.74, 6) is 0.763. The molecule has 3 aromatic rings. The third-order valence-electron chi connectivity index (χ3n) is 6.36. The van der Waals surface area contributed by atoms with Crippen molar-refractivity contribution in [2.45, 2.75) is 17.0 Å². The molecule has 0 radical (unpaired) electrons. The van der Waals surface area contributed by atoms with Crippen molar-refractivity contribution >= 4 is 46.3 Å². The van der Waals surface area contributed by atoms with Gasteiger partial charge in [0.2, 0.25) is 11.8 Å². The fraction of sp³-hybridized carbons (Fsp3) is 0.348. The van der Waals surface area contributed by atoms with Crippen LogP contribution >= 0.6 is 11.8 Å². The van der Waals surface area contributed by atoms with E-state index in [0.717, 1.165) is 4.90 Å². The predicted octanol–water partition coefficient (Wildman–Crippen LogP) is 1.73. The van der Waals surface area contributed by atoms with Crippen molar-refractivity contribution in [3.63, 3.8) is 0 Å². The van der Waals surface area contributed by atoms with Gasteiger partial charge in [-0.25, -0.2) is 9.78 Å². The zero-order valence-corrected chi connectivity index (χ0v) is 19.7. The van der Waals surface area contributed by atoms with Gasteiger partial charge in [0.15, 0.2) is 5.65 Å². The van der Waals surface area contributed by atoms with Gasteiger partial charge in [-0.1, -0.05) is 0 Å². The third kappa shape index (κ3) is 3.98. The number of likely N-dealkylation sites (tertiary alicyclic amines) is 1. The van der Waals surface area contributed by atoms with E-state index in [0.29, 0.717) is 60.4 Å². The maximum Gasteiger partial charge on any atom is 0.414 e. The molecule has 35 heavy (non-hydrogen) atoms. The van der Waals surface area contributed by atoms with Crippen molar-refractivity contribution in [3.05, 3.63) is 46.9 Å². The Labute approximate surface area is 204 Å². The van der Waals surface area contributed by atoms with Crippen LogP contribution in [-0.4, -0.2) is 76.6 Å². The van der Waals surface area contributed by atoms with Gasteiger partial charge in [0, 0.05) is 36.3 Å². The van der Waals surface area contributed by atoms with Gasteiger partial charge in [-0.15, -0.1) is 11.8 Å². The number of carbonyl (C=O) groups excluding carboxylic acids is 2. The van der Waals surface area contributed by atoms with Crippen molar-refractivity contribution < 1.29 is 19.1 Å². The van der Waals surface area contributed by atoms with E-state index in [1.165, 1.54) is 25.1 Å². The quantitative estimate of drug-likeness (QED) is 0.566. The molecule has 1 N–H and O–H groups in total. The Morgan fingerprint density at radius 3 is 2.86 bits per heavy atom. The Bertz CT molecular complexity index is 1400. The topological polar surface area (TPSA) is 119 Å². The molecule has 0 aliphatic carbocycles. The molecule has 3 aliphatic rings. The molecule has 2 aromatic heterocycles. The van der Waals surface area contributed by atoms with Gasteiger partial charge in [-0.2, -0.15) is 4.98 Å². The van der Waals surface area contributed by atoms with Crippen LogP contribution in [0, 0.1) is 0 Å². The summed E-state index contributed by atoms with van der Waals surface area (Å²) in [5.41, 5.74) is 2.32. The summed E-state index contributed by atoms with van der Waals surface area (Å²) in [5, 5.41) is 2.85. The van der Waals surface area contributed by atoms with Gasteiger partial charge < -0.3 is 14.8 Å². The lowest BCUT2D eigenvalue weighted by Gasteiger charge is -2.40. The molecule has 11 nitrogen and oxygen atoms in total. The normalized spacial score (nSPS) is 20.4. The van der Waals surface area contributed by atoms with Crippen molar-refractivity contribution in [2.75, 3.05) is 49.3 Å². The molecular formula is C23H22N6O5S. The molecule has 0 spiro atoms. The Balaban J connectivity index is 1.12. The Kier molecular flexibility index (Phi) is 5.33. The summed E-state index contributed by atoms with van der Waals surface area (Å²) in [4.78, 5) is 50.2. The Hall–Kier alpha value is -3.64. The van der Waals surface area contributed by atoms with Crippen molar-refractivity contribution in [1.82, 2.24) is 19.4 Å². The highest BCUT2D eigenvalue weighted by Crippen LogP contribution is 2.35. The number of hydrogen-bond acceptors (Lipinski definition) is 9. The number of benzene rings is 1. The van der Waals surface area contributed by atoms with Crippen LogP contribution in [0.1, 0.15) is 6.04 Å². The number of carbonyl (C=O) groups is 2. The number of pyridine rings is 1. The SMILES string of the molecule is COc1ccc2ncc(=O)n(C3CN(C[C@@H]4CN(c5ccc6c(c5)NC(=O)CS6)C(=O)O4)C3)c2n1. The highest BCUT2D eigenvalue weighted by molar-refractivity contribution is 8.00. The number of hydrogen-bond donors (Lipinski definition) is 1. The molecule has 12 heteroatoms. The van der Waals surface area contributed by atoms with Crippen molar-refractivity contribution in [3.8, 4) is 5.88 Å². The van der Waals surface area contributed by atoms with Crippen LogP contribution in [0.3, 0.4) is 0 Å². The van der Waals surface area contributed by atoms with Crippen molar-refractivity contribution in [1.29, 1.82) is 0 Å². The largest absolute Gasteiger partial charge is 0.481 e. The molecule has 6 rings (SSSR count). The maximum atomic E-state index is 12.6. The smallest absolute Gasteiger partial charge is 0.414 e. The first-order valence-electron chi connectivity index (χ1n) is 11.2. The molecule has 0 saturated carbocycles. The lowest BCUT2D eigenvalue weighted by molar-refractivity contribution is -0.113.